The Kier molecular flexibility index (Phi) is 7.38. The van der Waals surface area contributed by atoms with E-state index in [4.69, 9.17) is 0 Å². The van der Waals surface area contributed by atoms with Crippen LogP contribution in [0.3, 0.4) is 0 Å². The highest BCUT2D eigenvalue weighted by Crippen LogP contribution is 2.28. The lowest BCUT2D eigenvalue weighted by Gasteiger charge is -2.30. The normalized spacial score (nSPS) is 13.2. The van der Waals surface area contributed by atoms with Crippen molar-refractivity contribution < 1.29 is 19.2 Å². The standard InChI is InChI=1S/C29H30N4O4/c1-19-9-11-21(12-10-19)17-32(20(2)28(36)30-22-13-15-23(16-14-22)31(3)4)26(34)18-33-25-8-6-5-7-24(25)27(35)29(33)37/h5-16,20H,17-18H2,1-4H3,(H,30,36)/t20-/m0/s1. The van der Waals surface area contributed by atoms with Crippen LogP contribution in [0.4, 0.5) is 17.1 Å². The fraction of sp³-hybridized carbons (Fsp3) is 0.241. The molecule has 190 valence electrons. The molecule has 0 unspecified atom stereocenters. The number of anilines is 3. The van der Waals surface area contributed by atoms with Crippen molar-refractivity contribution in [3.05, 3.63) is 89.5 Å². The van der Waals surface area contributed by atoms with Crippen LogP contribution in [0.5, 0.6) is 0 Å². The Morgan fingerprint density at radius 2 is 1.57 bits per heavy atom. The Labute approximate surface area is 216 Å². The van der Waals surface area contributed by atoms with Crippen molar-refractivity contribution in [2.45, 2.75) is 26.4 Å². The lowest BCUT2D eigenvalue weighted by Crippen LogP contribution is -2.49. The maximum absolute atomic E-state index is 13.6. The van der Waals surface area contributed by atoms with Crippen LogP contribution in [0, 0.1) is 6.92 Å². The predicted octanol–water partition coefficient (Wildman–Crippen LogP) is 3.65. The molecule has 1 N–H and O–H groups in total. The van der Waals surface area contributed by atoms with Crippen molar-refractivity contribution in [2.75, 3.05) is 35.8 Å². The van der Waals surface area contributed by atoms with Crippen molar-refractivity contribution in [1.82, 2.24) is 4.90 Å². The minimum absolute atomic E-state index is 0.172. The molecule has 0 radical (unpaired) electrons. The highest BCUT2D eigenvalue weighted by molar-refractivity contribution is 6.52. The van der Waals surface area contributed by atoms with Gasteiger partial charge in [0, 0.05) is 32.0 Å². The monoisotopic (exact) mass is 498 g/mol. The van der Waals surface area contributed by atoms with E-state index in [9.17, 15) is 19.2 Å². The second-order valence-corrected chi connectivity index (χ2v) is 9.35. The molecule has 1 aliphatic heterocycles. The Morgan fingerprint density at radius 3 is 2.22 bits per heavy atom. The Morgan fingerprint density at radius 1 is 0.919 bits per heavy atom. The first-order chi connectivity index (χ1) is 17.7. The highest BCUT2D eigenvalue weighted by Gasteiger charge is 2.38. The summed E-state index contributed by atoms with van der Waals surface area (Å²) in [6, 6.07) is 20.8. The topological polar surface area (TPSA) is 90.0 Å². The van der Waals surface area contributed by atoms with Crippen molar-refractivity contribution in [1.29, 1.82) is 0 Å². The third-order valence-corrected chi connectivity index (χ3v) is 6.46. The van der Waals surface area contributed by atoms with Gasteiger partial charge in [-0.2, -0.15) is 0 Å². The smallest absolute Gasteiger partial charge is 0.299 e. The largest absolute Gasteiger partial charge is 0.378 e. The molecule has 0 bridgehead atoms. The molecular formula is C29H30N4O4. The zero-order valence-electron chi connectivity index (χ0n) is 21.4. The highest BCUT2D eigenvalue weighted by atomic mass is 16.2. The number of nitrogens with zero attached hydrogens (tertiary/aromatic N) is 3. The zero-order chi connectivity index (χ0) is 26.7. The summed E-state index contributed by atoms with van der Waals surface area (Å²) in [4.78, 5) is 56.5. The minimum atomic E-state index is -0.842. The molecule has 1 atom stereocenters. The number of carbonyl (C=O) groups is 4. The summed E-state index contributed by atoms with van der Waals surface area (Å²) in [6.07, 6.45) is 0. The van der Waals surface area contributed by atoms with Gasteiger partial charge in [-0.15, -0.1) is 0 Å². The van der Waals surface area contributed by atoms with Crippen LogP contribution in [0.2, 0.25) is 0 Å². The Hall–Kier alpha value is -4.46. The van der Waals surface area contributed by atoms with E-state index in [0.717, 1.165) is 16.8 Å². The summed E-state index contributed by atoms with van der Waals surface area (Å²) in [5.41, 5.74) is 4.20. The lowest BCUT2D eigenvalue weighted by atomic mass is 10.1. The SMILES string of the molecule is Cc1ccc(CN(C(=O)CN2C(=O)C(=O)c3ccccc32)[C@@H](C)C(=O)Nc2ccc(N(C)C)cc2)cc1. The van der Waals surface area contributed by atoms with Gasteiger partial charge in [0.05, 0.1) is 11.3 Å². The molecule has 37 heavy (non-hydrogen) atoms. The van der Waals surface area contributed by atoms with Crippen LogP contribution in [0.1, 0.15) is 28.4 Å². The van der Waals surface area contributed by atoms with Gasteiger partial charge in [0.25, 0.3) is 11.7 Å². The van der Waals surface area contributed by atoms with Crippen LogP contribution in [-0.2, 0) is 20.9 Å². The molecule has 4 rings (SSSR count). The molecular weight excluding hydrogens is 468 g/mol. The van der Waals surface area contributed by atoms with Gasteiger partial charge in [-0.25, -0.2) is 0 Å². The van der Waals surface area contributed by atoms with E-state index in [1.165, 1.54) is 9.80 Å². The molecule has 3 aromatic carbocycles. The second kappa shape index (κ2) is 10.7. The first-order valence-electron chi connectivity index (χ1n) is 12.0. The number of para-hydroxylation sites is 1. The van der Waals surface area contributed by atoms with Crippen molar-refractivity contribution in [2.24, 2.45) is 0 Å². The van der Waals surface area contributed by atoms with Gasteiger partial charge in [-0.3, -0.25) is 24.1 Å². The first-order valence-corrected chi connectivity index (χ1v) is 12.0. The number of ketones is 1. The van der Waals surface area contributed by atoms with Gasteiger partial charge in [-0.05, 0) is 55.8 Å². The number of rotatable bonds is 8. The van der Waals surface area contributed by atoms with Gasteiger partial charge >= 0.3 is 0 Å². The Bertz CT molecular complexity index is 1330. The van der Waals surface area contributed by atoms with Crippen LogP contribution < -0.4 is 15.1 Å². The molecule has 8 heteroatoms. The number of hydrogen-bond acceptors (Lipinski definition) is 5. The molecule has 0 spiro atoms. The summed E-state index contributed by atoms with van der Waals surface area (Å²) in [7, 11) is 3.86. The molecule has 1 heterocycles. The summed E-state index contributed by atoms with van der Waals surface area (Å²) >= 11 is 0. The molecule has 0 aromatic heterocycles. The van der Waals surface area contributed by atoms with Crippen molar-refractivity contribution >= 4 is 40.6 Å². The van der Waals surface area contributed by atoms with Gasteiger partial charge in [-0.1, -0.05) is 42.0 Å². The fourth-order valence-corrected chi connectivity index (χ4v) is 4.19. The van der Waals surface area contributed by atoms with E-state index in [2.05, 4.69) is 5.32 Å². The summed E-state index contributed by atoms with van der Waals surface area (Å²) in [5, 5.41) is 2.88. The quantitative estimate of drug-likeness (QED) is 0.479. The van der Waals surface area contributed by atoms with E-state index >= 15 is 0 Å². The fourth-order valence-electron chi connectivity index (χ4n) is 4.19. The molecule has 0 fully saturated rings. The van der Waals surface area contributed by atoms with Gasteiger partial charge in [0.1, 0.15) is 12.6 Å². The second-order valence-electron chi connectivity index (χ2n) is 9.35. The van der Waals surface area contributed by atoms with E-state index in [1.807, 2.05) is 62.3 Å². The Balaban J connectivity index is 1.56. The molecule has 8 nitrogen and oxygen atoms in total. The summed E-state index contributed by atoms with van der Waals surface area (Å²) in [5.74, 6) is -2.19. The molecule has 3 aromatic rings. The number of fused-ring (bicyclic) bond motifs is 1. The number of hydrogen-bond donors (Lipinski definition) is 1. The molecule has 0 saturated carbocycles. The first kappa shape index (κ1) is 25.6. The van der Waals surface area contributed by atoms with Gasteiger partial charge in [0.2, 0.25) is 11.8 Å². The number of benzene rings is 3. The van der Waals surface area contributed by atoms with E-state index in [-0.39, 0.29) is 24.6 Å². The molecule has 0 saturated heterocycles. The van der Waals surface area contributed by atoms with Crippen LogP contribution in [0.25, 0.3) is 0 Å². The van der Waals surface area contributed by atoms with Crippen LogP contribution in [0.15, 0.2) is 72.8 Å². The third-order valence-electron chi connectivity index (χ3n) is 6.46. The van der Waals surface area contributed by atoms with Crippen molar-refractivity contribution in [3.8, 4) is 0 Å². The van der Waals surface area contributed by atoms with E-state index < -0.39 is 23.6 Å². The maximum Gasteiger partial charge on any atom is 0.299 e. The van der Waals surface area contributed by atoms with E-state index in [1.54, 1.807) is 43.3 Å². The zero-order valence-corrected chi connectivity index (χ0v) is 21.4. The molecule has 3 amide bonds. The van der Waals surface area contributed by atoms with Gasteiger partial charge in [0.15, 0.2) is 0 Å². The number of carbonyl (C=O) groups excluding carboxylic acids is 4. The van der Waals surface area contributed by atoms with Crippen molar-refractivity contribution in [3.63, 3.8) is 0 Å². The number of aryl methyl sites for hydroxylation is 1. The average Bonchev–Trinajstić information content (AvgIpc) is 3.13. The number of Topliss-reactive ketones (excluding diaryl/α,β-unsaturated/α-hetero) is 1. The predicted molar refractivity (Wildman–Crippen MR) is 144 cm³/mol. The van der Waals surface area contributed by atoms with Crippen LogP contribution >= 0.6 is 0 Å². The van der Waals surface area contributed by atoms with Crippen LogP contribution in [-0.4, -0.2) is 55.1 Å². The molecule has 1 aliphatic rings. The lowest BCUT2D eigenvalue weighted by molar-refractivity contribution is -0.138. The minimum Gasteiger partial charge on any atom is -0.378 e. The number of nitrogens with one attached hydrogen (secondary N) is 1. The third kappa shape index (κ3) is 5.53. The van der Waals surface area contributed by atoms with Gasteiger partial charge < -0.3 is 15.1 Å². The van der Waals surface area contributed by atoms with E-state index in [0.29, 0.717) is 11.4 Å². The number of amides is 3. The summed E-state index contributed by atoms with van der Waals surface area (Å²) in [6.45, 7) is 3.45. The summed E-state index contributed by atoms with van der Waals surface area (Å²) < 4.78 is 0. The average molecular weight is 499 g/mol. The molecule has 0 aliphatic carbocycles. The maximum atomic E-state index is 13.6.